The highest BCUT2D eigenvalue weighted by atomic mass is 16.1. The van der Waals surface area contributed by atoms with E-state index in [1.807, 2.05) is 6.92 Å². The molecule has 1 radical (unpaired) electrons. The summed E-state index contributed by atoms with van der Waals surface area (Å²) in [6, 6.07) is 8.46. The number of unbranched alkanes of at least 4 members (excludes halogenated alkanes) is 1. The lowest BCUT2D eigenvalue weighted by atomic mass is 10.0. The molecule has 0 saturated carbocycles. The Morgan fingerprint density at radius 1 is 1.44 bits per heavy atom. The molecule has 16 heavy (non-hydrogen) atoms. The molecule has 2 heteroatoms. The fourth-order valence-corrected chi connectivity index (χ4v) is 1.59. The van der Waals surface area contributed by atoms with Gasteiger partial charge in [0.1, 0.15) is 0 Å². The van der Waals surface area contributed by atoms with Crippen molar-refractivity contribution in [3.05, 3.63) is 42.0 Å². The maximum absolute atomic E-state index is 9.91. The third kappa shape index (κ3) is 4.30. The van der Waals surface area contributed by atoms with Crippen LogP contribution in [0, 0.1) is 0 Å². The fourth-order valence-electron chi connectivity index (χ4n) is 1.59. The summed E-state index contributed by atoms with van der Waals surface area (Å²) in [4.78, 5) is 9.91. The molecule has 0 aromatic heterocycles. The van der Waals surface area contributed by atoms with Gasteiger partial charge >= 0.3 is 6.41 Å². The summed E-state index contributed by atoms with van der Waals surface area (Å²) >= 11 is 0. The van der Waals surface area contributed by atoms with Gasteiger partial charge in [0.05, 0.1) is 0 Å². The summed E-state index contributed by atoms with van der Waals surface area (Å²) in [5, 5.41) is 2.54. The van der Waals surface area contributed by atoms with Gasteiger partial charge in [0.2, 0.25) is 0 Å². The van der Waals surface area contributed by atoms with Crippen LogP contribution in [0.3, 0.4) is 0 Å². The minimum absolute atomic E-state index is 0.712. The van der Waals surface area contributed by atoms with Gasteiger partial charge in [-0.1, -0.05) is 36.4 Å². The molecular weight excluding hydrogens is 198 g/mol. The van der Waals surface area contributed by atoms with Crippen LogP contribution >= 0.6 is 0 Å². The molecule has 1 rings (SSSR count). The van der Waals surface area contributed by atoms with Gasteiger partial charge in [0.15, 0.2) is 0 Å². The minimum Gasteiger partial charge on any atom is -0.348 e. The average molecular weight is 216 g/mol. The standard InChI is InChI=1S/C14H18NO/c1-12(2)14-8-5-7-13(10-14)6-3-4-9-15-11-16/h5,7-8,10H,1,3-4,6,9H2,2H3,(H,15,16). The molecule has 1 N–H and O–H groups in total. The van der Waals surface area contributed by atoms with Crippen molar-refractivity contribution in [1.82, 2.24) is 5.32 Å². The number of allylic oxidation sites excluding steroid dienone is 1. The first kappa shape index (κ1) is 12.5. The van der Waals surface area contributed by atoms with E-state index in [4.69, 9.17) is 0 Å². The van der Waals surface area contributed by atoms with E-state index in [1.54, 1.807) is 6.41 Å². The highest BCUT2D eigenvalue weighted by Crippen LogP contribution is 2.14. The van der Waals surface area contributed by atoms with Crippen molar-refractivity contribution in [2.45, 2.75) is 26.2 Å². The van der Waals surface area contributed by atoms with Gasteiger partial charge in [0, 0.05) is 6.54 Å². The molecule has 0 aliphatic heterocycles. The quantitative estimate of drug-likeness (QED) is 0.551. The Labute approximate surface area is 97.4 Å². The van der Waals surface area contributed by atoms with Crippen LogP contribution in [0.2, 0.25) is 0 Å². The molecule has 0 unspecified atom stereocenters. The number of hydrogen-bond donors (Lipinski definition) is 1. The van der Waals surface area contributed by atoms with E-state index >= 15 is 0 Å². The second-order valence-corrected chi connectivity index (χ2v) is 3.97. The number of amides is 1. The van der Waals surface area contributed by atoms with Crippen LogP contribution < -0.4 is 5.32 Å². The van der Waals surface area contributed by atoms with Crippen LogP contribution in [0.1, 0.15) is 30.9 Å². The van der Waals surface area contributed by atoms with Crippen LogP contribution in [0.15, 0.2) is 30.8 Å². The van der Waals surface area contributed by atoms with Crippen molar-refractivity contribution in [3.63, 3.8) is 0 Å². The predicted molar refractivity (Wildman–Crippen MR) is 67.8 cm³/mol. The maximum atomic E-state index is 9.91. The second-order valence-electron chi connectivity index (χ2n) is 3.97. The molecule has 1 aromatic rings. The molecule has 0 spiro atoms. The molecule has 0 atom stereocenters. The zero-order valence-corrected chi connectivity index (χ0v) is 9.75. The number of rotatable bonds is 7. The van der Waals surface area contributed by atoms with Gasteiger partial charge in [-0.2, -0.15) is 0 Å². The smallest absolute Gasteiger partial charge is 0.309 e. The highest BCUT2D eigenvalue weighted by Gasteiger charge is 1.97. The van der Waals surface area contributed by atoms with Crippen molar-refractivity contribution in [1.29, 1.82) is 0 Å². The Morgan fingerprint density at radius 2 is 2.25 bits per heavy atom. The Kier molecular flexibility index (Phi) is 5.34. The number of benzene rings is 1. The van der Waals surface area contributed by atoms with Gasteiger partial charge in [-0.05, 0) is 37.3 Å². The van der Waals surface area contributed by atoms with Gasteiger partial charge in [-0.15, -0.1) is 0 Å². The van der Waals surface area contributed by atoms with E-state index in [0.29, 0.717) is 6.54 Å². The normalized spacial score (nSPS) is 9.81. The molecule has 0 fully saturated rings. The summed E-state index contributed by atoms with van der Waals surface area (Å²) in [5.74, 6) is 0. The molecule has 1 aromatic carbocycles. The minimum atomic E-state index is 0.712. The second kappa shape index (κ2) is 6.83. The zero-order valence-electron chi connectivity index (χ0n) is 9.75. The Balaban J connectivity index is 2.39. The molecule has 0 heterocycles. The summed E-state index contributed by atoms with van der Waals surface area (Å²) in [6.07, 6.45) is 4.79. The lowest BCUT2D eigenvalue weighted by molar-refractivity contribution is 0.539. The van der Waals surface area contributed by atoms with E-state index in [-0.39, 0.29) is 0 Å². The zero-order chi connectivity index (χ0) is 11.8. The van der Waals surface area contributed by atoms with Gasteiger partial charge < -0.3 is 5.32 Å². The van der Waals surface area contributed by atoms with Crippen molar-refractivity contribution in [2.75, 3.05) is 6.54 Å². The molecule has 85 valence electrons. The molecule has 0 saturated heterocycles. The van der Waals surface area contributed by atoms with E-state index < -0.39 is 0 Å². The van der Waals surface area contributed by atoms with Crippen LogP contribution in [-0.4, -0.2) is 13.0 Å². The van der Waals surface area contributed by atoms with Crippen LogP contribution in [0.5, 0.6) is 0 Å². The average Bonchev–Trinajstić information content (AvgIpc) is 2.29. The third-order valence-electron chi connectivity index (χ3n) is 2.51. The topological polar surface area (TPSA) is 29.1 Å². The molecule has 0 aliphatic rings. The lowest BCUT2D eigenvalue weighted by Gasteiger charge is -2.04. The van der Waals surface area contributed by atoms with Crippen LogP contribution in [0.4, 0.5) is 0 Å². The number of carbonyl (C=O) groups excluding carboxylic acids is 1. The molecule has 0 aliphatic carbocycles. The van der Waals surface area contributed by atoms with Crippen LogP contribution in [-0.2, 0) is 11.2 Å². The Hall–Kier alpha value is -1.57. The predicted octanol–water partition coefficient (Wildman–Crippen LogP) is 2.70. The summed E-state index contributed by atoms with van der Waals surface area (Å²) in [7, 11) is 0. The molecule has 1 amide bonds. The first-order chi connectivity index (χ1) is 7.74. The summed E-state index contributed by atoms with van der Waals surface area (Å²) < 4.78 is 0. The van der Waals surface area contributed by atoms with Crippen molar-refractivity contribution in [2.24, 2.45) is 0 Å². The summed E-state index contributed by atoms with van der Waals surface area (Å²) in [6.45, 7) is 6.66. The molecular formula is C14H18NO. The van der Waals surface area contributed by atoms with Crippen molar-refractivity contribution < 1.29 is 4.79 Å². The number of aryl methyl sites for hydroxylation is 1. The molecule has 0 bridgehead atoms. The van der Waals surface area contributed by atoms with Gasteiger partial charge in [-0.25, -0.2) is 0 Å². The van der Waals surface area contributed by atoms with Crippen LogP contribution in [0.25, 0.3) is 5.57 Å². The van der Waals surface area contributed by atoms with E-state index in [1.165, 1.54) is 11.1 Å². The van der Waals surface area contributed by atoms with E-state index in [0.717, 1.165) is 24.8 Å². The maximum Gasteiger partial charge on any atom is 0.309 e. The van der Waals surface area contributed by atoms with E-state index in [2.05, 4.69) is 36.2 Å². The van der Waals surface area contributed by atoms with Gasteiger partial charge in [0.25, 0.3) is 0 Å². The molecule has 2 nitrogen and oxygen atoms in total. The Morgan fingerprint density at radius 3 is 2.94 bits per heavy atom. The van der Waals surface area contributed by atoms with Crippen molar-refractivity contribution in [3.8, 4) is 0 Å². The Bertz CT molecular complexity index is 358. The first-order valence-electron chi connectivity index (χ1n) is 5.59. The highest BCUT2D eigenvalue weighted by molar-refractivity contribution is 5.61. The van der Waals surface area contributed by atoms with E-state index in [9.17, 15) is 4.79 Å². The monoisotopic (exact) mass is 216 g/mol. The first-order valence-corrected chi connectivity index (χ1v) is 5.59. The van der Waals surface area contributed by atoms with Crippen molar-refractivity contribution >= 4 is 12.0 Å². The number of hydrogen-bond acceptors (Lipinski definition) is 1. The lowest BCUT2D eigenvalue weighted by Crippen LogP contribution is -2.11. The SMILES string of the molecule is C=C(C)c1cccc(CCCCN[C]=O)c1. The fraction of sp³-hybridized carbons (Fsp3) is 0.357. The number of nitrogens with one attached hydrogen (secondary N) is 1. The largest absolute Gasteiger partial charge is 0.348 e. The third-order valence-corrected chi connectivity index (χ3v) is 2.51. The van der Waals surface area contributed by atoms with Gasteiger partial charge in [-0.3, -0.25) is 4.79 Å². The summed E-state index contributed by atoms with van der Waals surface area (Å²) in [5.41, 5.74) is 3.63.